The lowest BCUT2D eigenvalue weighted by molar-refractivity contribution is 0.306. The van der Waals surface area contributed by atoms with Crippen molar-refractivity contribution in [1.82, 2.24) is 20.4 Å². The lowest BCUT2D eigenvalue weighted by Crippen LogP contribution is -1.98. The molecule has 0 aliphatic heterocycles. The van der Waals surface area contributed by atoms with Gasteiger partial charge in [0.05, 0.1) is 5.69 Å². The van der Waals surface area contributed by atoms with Crippen molar-refractivity contribution in [3.05, 3.63) is 88.2 Å². The van der Waals surface area contributed by atoms with E-state index in [0.717, 1.165) is 32.6 Å². The second kappa shape index (κ2) is 8.22. The van der Waals surface area contributed by atoms with E-state index in [4.69, 9.17) is 10.5 Å². The first-order chi connectivity index (χ1) is 13.7. The van der Waals surface area contributed by atoms with Gasteiger partial charge < -0.3 is 10.5 Å². The summed E-state index contributed by atoms with van der Waals surface area (Å²) in [5.41, 5.74) is 10.5. The molecule has 7 heteroatoms. The van der Waals surface area contributed by atoms with Crippen LogP contribution in [0.4, 0.5) is 5.82 Å². The predicted octanol–water partition coefficient (Wildman–Crippen LogP) is 4.38. The number of H-pyrrole nitrogens is 1. The number of ether oxygens (including phenoxy) is 1. The maximum absolute atomic E-state index is 6.01. The fraction of sp³-hybridized carbons (Fsp3) is 0.0952. The number of nitrogen functional groups attached to an aromatic ring is 1. The Labute approximate surface area is 170 Å². The highest BCUT2D eigenvalue weighted by molar-refractivity contribution is 9.10. The molecule has 2 aromatic heterocycles. The van der Waals surface area contributed by atoms with Crippen LogP contribution in [0.3, 0.4) is 0 Å². The molecule has 0 atom stereocenters. The number of nitrogens with two attached hydrogens (primary N) is 1. The normalized spacial score (nSPS) is 10.8. The number of pyridine rings is 1. The number of halogens is 1. The molecular formula is C21H18BrN5O. The third-order valence-corrected chi connectivity index (χ3v) is 4.74. The predicted molar refractivity (Wildman–Crippen MR) is 112 cm³/mol. The second-order valence-corrected chi connectivity index (χ2v) is 7.22. The van der Waals surface area contributed by atoms with E-state index in [1.807, 2.05) is 60.7 Å². The molecule has 2 heterocycles. The summed E-state index contributed by atoms with van der Waals surface area (Å²) in [4.78, 5) is 4.17. The summed E-state index contributed by atoms with van der Waals surface area (Å²) < 4.78 is 6.68. The first kappa shape index (κ1) is 18.2. The van der Waals surface area contributed by atoms with Crippen LogP contribution in [0.25, 0.3) is 11.3 Å². The SMILES string of the molecule is Nc1ncc(Br)cc1-c1n[nH]nc1Cc1ccc(OCc2ccccc2)cc1. The maximum atomic E-state index is 6.01. The Balaban J connectivity index is 1.47. The van der Waals surface area contributed by atoms with E-state index >= 15 is 0 Å². The van der Waals surface area contributed by atoms with Gasteiger partial charge in [0.1, 0.15) is 23.9 Å². The van der Waals surface area contributed by atoms with Crippen molar-refractivity contribution in [3.63, 3.8) is 0 Å². The Hall–Kier alpha value is -3.19. The molecule has 0 amide bonds. The van der Waals surface area contributed by atoms with Crippen molar-refractivity contribution in [2.24, 2.45) is 0 Å². The molecule has 0 spiro atoms. The van der Waals surface area contributed by atoms with E-state index in [0.29, 0.717) is 24.5 Å². The summed E-state index contributed by atoms with van der Waals surface area (Å²) in [5, 5.41) is 11.2. The van der Waals surface area contributed by atoms with Crippen LogP contribution >= 0.6 is 15.9 Å². The number of hydrogen-bond acceptors (Lipinski definition) is 5. The summed E-state index contributed by atoms with van der Waals surface area (Å²) in [5.74, 6) is 1.25. The van der Waals surface area contributed by atoms with Crippen molar-refractivity contribution in [3.8, 4) is 17.0 Å². The molecule has 0 radical (unpaired) electrons. The smallest absolute Gasteiger partial charge is 0.133 e. The van der Waals surface area contributed by atoms with Gasteiger partial charge >= 0.3 is 0 Å². The quantitative estimate of drug-likeness (QED) is 0.468. The molecule has 0 saturated carbocycles. The van der Waals surface area contributed by atoms with Gasteiger partial charge in [0.15, 0.2) is 0 Å². The minimum Gasteiger partial charge on any atom is -0.489 e. The van der Waals surface area contributed by atoms with Gasteiger partial charge in [-0.3, -0.25) is 0 Å². The average molecular weight is 436 g/mol. The van der Waals surface area contributed by atoms with E-state index in [1.54, 1.807) is 6.20 Å². The molecule has 0 unspecified atom stereocenters. The number of benzene rings is 2. The highest BCUT2D eigenvalue weighted by atomic mass is 79.9. The topological polar surface area (TPSA) is 89.7 Å². The van der Waals surface area contributed by atoms with Crippen LogP contribution in [0.5, 0.6) is 5.75 Å². The number of rotatable bonds is 6. The standard InChI is InChI=1S/C21H18BrN5O/c22-16-11-18(21(23)24-12-16)20-19(25-27-26-20)10-14-6-8-17(9-7-14)28-13-15-4-2-1-3-5-15/h1-9,11-12H,10,13H2,(H2,23,24)(H,25,26,27). The average Bonchev–Trinajstić information content (AvgIpc) is 3.18. The van der Waals surface area contributed by atoms with Crippen LogP contribution in [0, 0.1) is 0 Å². The van der Waals surface area contributed by atoms with Gasteiger partial charge in [-0.05, 0) is 45.3 Å². The Morgan fingerprint density at radius 3 is 2.54 bits per heavy atom. The largest absolute Gasteiger partial charge is 0.489 e. The van der Waals surface area contributed by atoms with Gasteiger partial charge in [-0.25, -0.2) is 4.98 Å². The molecule has 0 saturated heterocycles. The Morgan fingerprint density at radius 1 is 0.964 bits per heavy atom. The van der Waals surface area contributed by atoms with E-state index in [1.165, 1.54) is 0 Å². The number of nitrogens with zero attached hydrogens (tertiary/aromatic N) is 3. The van der Waals surface area contributed by atoms with Crippen LogP contribution in [0.2, 0.25) is 0 Å². The van der Waals surface area contributed by atoms with Gasteiger partial charge in [-0.15, -0.1) is 0 Å². The molecule has 4 rings (SSSR count). The first-order valence-corrected chi connectivity index (χ1v) is 9.55. The van der Waals surface area contributed by atoms with Crippen molar-refractivity contribution in [1.29, 1.82) is 0 Å². The van der Waals surface area contributed by atoms with Crippen LogP contribution in [0.15, 0.2) is 71.3 Å². The van der Waals surface area contributed by atoms with Crippen LogP contribution in [-0.4, -0.2) is 20.4 Å². The number of aromatic nitrogens is 4. The number of hydrogen-bond donors (Lipinski definition) is 2. The third-order valence-electron chi connectivity index (χ3n) is 4.30. The van der Waals surface area contributed by atoms with Gasteiger partial charge in [0, 0.05) is 22.7 Å². The zero-order chi connectivity index (χ0) is 19.3. The molecule has 0 aliphatic rings. The van der Waals surface area contributed by atoms with Crippen molar-refractivity contribution < 1.29 is 4.74 Å². The fourth-order valence-electron chi connectivity index (χ4n) is 2.87. The summed E-state index contributed by atoms with van der Waals surface area (Å²) in [7, 11) is 0. The van der Waals surface area contributed by atoms with E-state index < -0.39 is 0 Å². The van der Waals surface area contributed by atoms with Crippen LogP contribution in [0.1, 0.15) is 16.8 Å². The van der Waals surface area contributed by atoms with E-state index in [-0.39, 0.29) is 0 Å². The van der Waals surface area contributed by atoms with E-state index in [9.17, 15) is 0 Å². The lowest BCUT2D eigenvalue weighted by atomic mass is 10.0. The minimum absolute atomic E-state index is 0.419. The summed E-state index contributed by atoms with van der Waals surface area (Å²) in [6, 6.07) is 20.0. The number of nitrogens with one attached hydrogen (secondary N) is 1. The fourth-order valence-corrected chi connectivity index (χ4v) is 3.20. The van der Waals surface area contributed by atoms with Crippen molar-refractivity contribution >= 4 is 21.7 Å². The Bertz CT molecular complexity index is 1060. The molecule has 140 valence electrons. The molecule has 2 aromatic carbocycles. The molecule has 3 N–H and O–H groups in total. The van der Waals surface area contributed by atoms with Crippen LogP contribution < -0.4 is 10.5 Å². The van der Waals surface area contributed by atoms with Crippen LogP contribution in [-0.2, 0) is 13.0 Å². The molecule has 28 heavy (non-hydrogen) atoms. The molecule has 0 fully saturated rings. The maximum Gasteiger partial charge on any atom is 0.133 e. The zero-order valence-corrected chi connectivity index (χ0v) is 16.6. The number of anilines is 1. The highest BCUT2D eigenvalue weighted by Gasteiger charge is 2.15. The Morgan fingerprint density at radius 2 is 1.75 bits per heavy atom. The summed E-state index contributed by atoms with van der Waals surface area (Å²) in [6.45, 7) is 0.544. The molecule has 0 bridgehead atoms. The first-order valence-electron chi connectivity index (χ1n) is 8.76. The minimum atomic E-state index is 0.419. The second-order valence-electron chi connectivity index (χ2n) is 6.30. The van der Waals surface area contributed by atoms with Crippen molar-refractivity contribution in [2.75, 3.05) is 5.73 Å². The van der Waals surface area contributed by atoms with E-state index in [2.05, 4.69) is 36.3 Å². The number of aromatic amines is 1. The molecule has 4 aromatic rings. The highest BCUT2D eigenvalue weighted by Crippen LogP contribution is 2.28. The third kappa shape index (κ3) is 4.20. The van der Waals surface area contributed by atoms with Gasteiger partial charge in [-0.1, -0.05) is 42.5 Å². The monoisotopic (exact) mass is 435 g/mol. The van der Waals surface area contributed by atoms with Crippen molar-refractivity contribution in [2.45, 2.75) is 13.0 Å². The van der Waals surface area contributed by atoms with Gasteiger partial charge in [0.2, 0.25) is 0 Å². The summed E-state index contributed by atoms with van der Waals surface area (Å²) in [6.07, 6.45) is 2.28. The molecule has 6 nitrogen and oxygen atoms in total. The molecular weight excluding hydrogens is 418 g/mol. The Kier molecular flexibility index (Phi) is 5.34. The lowest BCUT2D eigenvalue weighted by Gasteiger charge is -2.08. The molecule has 0 aliphatic carbocycles. The zero-order valence-electron chi connectivity index (χ0n) is 15.0. The van der Waals surface area contributed by atoms with Gasteiger partial charge in [-0.2, -0.15) is 15.4 Å². The van der Waals surface area contributed by atoms with Gasteiger partial charge in [0.25, 0.3) is 0 Å². The summed E-state index contributed by atoms with van der Waals surface area (Å²) >= 11 is 3.42.